The van der Waals surface area contributed by atoms with E-state index >= 15 is 0 Å². The summed E-state index contributed by atoms with van der Waals surface area (Å²) in [4.78, 5) is 29.6. The minimum Gasteiger partial charge on any atom is -0.503 e. The van der Waals surface area contributed by atoms with Crippen molar-refractivity contribution >= 4 is 11.7 Å². The van der Waals surface area contributed by atoms with Crippen LogP contribution in [-0.2, 0) is 9.53 Å². The first-order chi connectivity index (χ1) is 14.1. The maximum atomic E-state index is 13.0. The van der Waals surface area contributed by atoms with Crippen LogP contribution in [0.3, 0.4) is 0 Å². The average molecular weight is 400 g/mol. The molecule has 0 bridgehead atoms. The molecule has 8 heteroatoms. The number of hydrogen-bond acceptors (Lipinski definition) is 7. The van der Waals surface area contributed by atoms with E-state index in [-0.39, 0.29) is 11.3 Å². The van der Waals surface area contributed by atoms with Crippen molar-refractivity contribution in [1.82, 2.24) is 9.80 Å². The summed E-state index contributed by atoms with van der Waals surface area (Å²) in [7, 11) is 0. The summed E-state index contributed by atoms with van der Waals surface area (Å²) in [5.41, 5.74) is -0.00864. The van der Waals surface area contributed by atoms with Gasteiger partial charge in [0.1, 0.15) is 17.6 Å². The molecule has 1 N–H and O–H groups in total. The van der Waals surface area contributed by atoms with Crippen molar-refractivity contribution in [2.24, 2.45) is 0 Å². The number of nitrogens with zero attached hydrogens (tertiary/aromatic N) is 2. The third kappa shape index (κ3) is 3.86. The zero-order chi connectivity index (χ0) is 20.4. The number of ether oxygens (including phenoxy) is 1. The van der Waals surface area contributed by atoms with Crippen LogP contribution in [0.5, 0.6) is 0 Å². The Kier molecular flexibility index (Phi) is 5.55. The molecule has 2 aromatic heterocycles. The molecule has 1 fully saturated rings. The van der Waals surface area contributed by atoms with Gasteiger partial charge < -0.3 is 23.6 Å². The zero-order valence-electron chi connectivity index (χ0n) is 16.3. The molecule has 4 heterocycles. The standard InChI is InChI=1S/C21H24N2O6/c1-14-5-6-15(29-14)18-17(19(24)16-4-2-11-28-16)20(25)21(26)23(18)8-3-7-22-9-12-27-13-10-22/h2,4-6,11,18,25H,3,7-10,12-13H2,1H3/t18-/m1/s1. The first-order valence-corrected chi connectivity index (χ1v) is 9.75. The topological polar surface area (TPSA) is 96.4 Å². The van der Waals surface area contributed by atoms with Gasteiger partial charge in [0.25, 0.3) is 5.91 Å². The van der Waals surface area contributed by atoms with Crippen molar-refractivity contribution in [3.8, 4) is 0 Å². The molecule has 4 rings (SSSR count). The molecule has 1 amide bonds. The van der Waals surface area contributed by atoms with Crippen LogP contribution in [0.1, 0.15) is 34.5 Å². The predicted molar refractivity (Wildman–Crippen MR) is 102 cm³/mol. The highest BCUT2D eigenvalue weighted by Gasteiger charge is 2.45. The van der Waals surface area contributed by atoms with Crippen LogP contribution in [0.2, 0.25) is 0 Å². The first-order valence-electron chi connectivity index (χ1n) is 9.75. The van der Waals surface area contributed by atoms with Crippen molar-refractivity contribution < 1.29 is 28.3 Å². The lowest BCUT2D eigenvalue weighted by atomic mass is 9.99. The van der Waals surface area contributed by atoms with Gasteiger partial charge in [0.05, 0.1) is 25.1 Å². The molecule has 2 aromatic rings. The summed E-state index contributed by atoms with van der Waals surface area (Å²) < 4.78 is 16.3. The van der Waals surface area contributed by atoms with Crippen LogP contribution < -0.4 is 0 Å². The fraction of sp³-hybridized carbons (Fsp3) is 0.429. The largest absolute Gasteiger partial charge is 0.503 e. The van der Waals surface area contributed by atoms with E-state index in [2.05, 4.69) is 4.90 Å². The van der Waals surface area contributed by atoms with Crippen LogP contribution in [0.4, 0.5) is 0 Å². The minimum atomic E-state index is -0.779. The number of aryl methyl sites for hydroxylation is 1. The zero-order valence-corrected chi connectivity index (χ0v) is 16.3. The second kappa shape index (κ2) is 8.26. The molecule has 0 saturated carbocycles. The molecule has 29 heavy (non-hydrogen) atoms. The normalized spacial score (nSPS) is 20.7. The number of amides is 1. The molecule has 0 unspecified atom stereocenters. The maximum absolute atomic E-state index is 13.0. The van der Waals surface area contributed by atoms with E-state index in [1.807, 2.05) is 0 Å². The number of aliphatic hydroxyl groups is 1. The van der Waals surface area contributed by atoms with Crippen LogP contribution in [-0.4, -0.2) is 66.0 Å². The summed E-state index contributed by atoms with van der Waals surface area (Å²) in [6.07, 6.45) is 2.09. The fourth-order valence-electron chi connectivity index (χ4n) is 3.84. The van der Waals surface area contributed by atoms with Gasteiger partial charge in [-0.15, -0.1) is 0 Å². The van der Waals surface area contributed by atoms with Crippen molar-refractivity contribution in [1.29, 1.82) is 0 Å². The lowest BCUT2D eigenvalue weighted by Crippen LogP contribution is -2.39. The van der Waals surface area contributed by atoms with Gasteiger partial charge in [-0.25, -0.2) is 0 Å². The number of carbonyl (C=O) groups is 2. The number of furan rings is 2. The van der Waals surface area contributed by atoms with Crippen LogP contribution in [0, 0.1) is 6.92 Å². The number of aliphatic hydroxyl groups excluding tert-OH is 1. The smallest absolute Gasteiger partial charge is 0.290 e. The lowest BCUT2D eigenvalue weighted by molar-refractivity contribution is -0.129. The van der Waals surface area contributed by atoms with Crippen LogP contribution in [0.25, 0.3) is 0 Å². The van der Waals surface area contributed by atoms with E-state index in [9.17, 15) is 14.7 Å². The van der Waals surface area contributed by atoms with E-state index < -0.39 is 23.5 Å². The number of carbonyl (C=O) groups excluding carboxylic acids is 2. The second-order valence-electron chi connectivity index (χ2n) is 7.23. The molecule has 8 nitrogen and oxygen atoms in total. The molecule has 0 spiro atoms. The molecule has 154 valence electrons. The van der Waals surface area contributed by atoms with Crippen LogP contribution in [0.15, 0.2) is 50.7 Å². The van der Waals surface area contributed by atoms with Gasteiger partial charge in [-0.2, -0.15) is 0 Å². The van der Waals surface area contributed by atoms with Gasteiger partial charge in [0.2, 0.25) is 5.78 Å². The summed E-state index contributed by atoms with van der Waals surface area (Å²) in [5.74, 6) is -0.450. The number of morpholine rings is 1. The molecule has 2 aliphatic rings. The third-order valence-electron chi connectivity index (χ3n) is 5.30. The fourth-order valence-corrected chi connectivity index (χ4v) is 3.84. The first kappa shape index (κ1) is 19.5. The monoisotopic (exact) mass is 400 g/mol. The minimum absolute atomic E-state index is 0.00864. The summed E-state index contributed by atoms with van der Waals surface area (Å²) in [5, 5.41) is 10.5. The Morgan fingerprint density at radius 2 is 2.00 bits per heavy atom. The quantitative estimate of drug-likeness (QED) is 0.713. The molecular formula is C21H24N2O6. The van der Waals surface area contributed by atoms with Crippen LogP contribution >= 0.6 is 0 Å². The number of hydrogen-bond donors (Lipinski definition) is 1. The molecular weight excluding hydrogens is 376 g/mol. The Morgan fingerprint density at radius 1 is 1.21 bits per heavy atom. The SMILES string of the molecule is Cc1ccc([C@@H]2C(C(=O)c3ccco3)=C(O)C(=O)N2CCCN2CCOCC2)o1. The van der Waals surface area contributed by atoms with E-state index in [1.54, 1.807) is 25.1 Å². The third-order valence-corrected chi connectivity index (χ3v) is 5.30. The van der Waals surface area contributed by atoms with Gasteiger partial charge in [0.15, 0.2) is 11.5 Å². The summed E-state index contributed by atoms with van der Waals surface area (Å²) >= 11 is 0. The van der Waals surface area contributed by atoms with E-state index in [0.717, 1.165) is 19.6 Å². The Morgan fingerprint density at radius 3 is 2.66 bits per heavy atom. The highest BCUT2D eigenvalue weighted by Crippen LogP contribution is 2.39. The van der Waals surface area contributed by atoms with Gasteiger partial charge in [-0.3, -0.25) is 14.5 Å². The number of ketones is 1. The number of rotatable bonds is 7. The Hall–Kier alpha value is -2.84. The van der Waals surface area contributed by atoms with Gasteiger partial charge in [-0.1, -0.05) is 0 Å². The average Bonchev–Trinajstić information content (AvgIpc) is 3.45. The molecule has 2 aliphatic heterocycles. The molecule has 0 radical (unpaired) electrons. The van der Waals surface area contributed by atoms with E-state index in [0.29, 0.717) is 37.7 Å². The van der Waals surface area contributed by atoms with Crippen molar-refractivity contribution in [2.75, 3.05) is 39.4 Å². The highest BCUT2D eigenvalue weighted by molar-refractivity contribution is 6.14. The molecule has 0 aliphatic carbocycles. The lowest BCUT2D eigenvalue weighted by Gasteiger charge is -2.29. The van der Waals surface area contributed by atoms with E-state index in [4.69, 9.17) is 13.6 Å². The Bertz CT molecular complexity index is 908. The molecule has 0 aromatic carbocycles. The molecule has 1 saturated heterocycles. The predicted octanol–water partition coefficient (Wildman–Crippen LogP) is 2.48. The Balaban J connectivity index is 1.57. The van der Waals surface area contributed by atoms with Crippen molar-refractivity contribution in [3.05, 3.63) is 59.1 Å². The van der Waals surface area contributed by atoms with Gasteiger partial charge in [0, 0.05) is 26.2 Å². The molecule has 1 atom stereocenters. The Labute approximate surface area is 168 Å². The number of Topliss-reactive ketones (excluding diaryl/α,β-unsaturated/α-hetero) is 1. The van der Waals surface area contributed by atoms with Gasteiger partial charge in [-0.05, 0) is 37.6 Å². The summed E-state index contributed by atoms with van der Waals surface area (Å²) in [6, 6.07) is 5.83. The highest BCUT2D eigenvalue weighted by atomic mass is 16.5. The van der Waals surface area contributed by atoms with E-state index in [1.165, 1.54) is 17.2 Å². The van der Waals surface area contributed by atoms with Crippen molar-refractivity contribution in [2.45, 2.75) is 19.4 Å². The summed E-state index contributed by atoms with van der Waals surface area (Å²) in [6.45, 7) is 6.13. The second-order valence-corrected chi connectivity index (χ2v) is 7.23. The van der Waals surface area contributed by atoms with Gasteiger partial charge >= 0.3 is 0 Å². The van der Waals surface area contributed by atoms with Crippen molar-refractivity contribution in [3.63, 3.8) is 0 Å². The maximum Gasteiger partial charge on any atom is 0.290 e.